The highest BCUT2D eigenvalue weighted by molar-refractivity contribution is 5.76. The molecule has 1 heterocycles. The number of nitrogens with zero attached hydrogens (tertiary/aromatic N) is 1. The second-order valence-corrected chi connectivity index (χ2v) is 2.72. The molecule has 1 aliphatic rings. The third-order valence-electron chi connectivity index (χ3n) is 1.88. The van der Waals surface area contributed by atoms with Crippen LogP contribution in [-0.2, 0) is 4.74 Å². The first-order valence-electron chi connectivity index (χ1n) is 3.79. The maximum Gasteiger partial charge on any atom is 0.317 e. The van der Waals surface area contributed by atoms with Gasteiger partial charge in [0.1, 0.15) is 0 Å². The molecular formula is C7H14N2O2. The molecule has 1 fully saturated rings. The Morgan fingerprint density at radius 2 is 2.55 bits per heavy atom. The molecule has 1 atom stereocenters. The van der Waals surface area contributed by atoms with Gasteiger partial charge >= 0.3 is 6.03 Å². The van der Waals surface area contributed by atoms with Crippen LogP contribution in [0.5, 0.6) is 0 Å². The van der Waals surface area contributed by atoms with Crippen molar-refractivity contribution in [3.05, 3.63) is 0 Å². The largest absolute Gasteiger partial charge is 0.383 e. The van der Waals surface area contributed by atoms with Crippen molar-refractivity contribution in [2.45, 2.75) is 13.0 Å². The van der Waals surface area contributed by atoms with Crippen LogP contribution < -0.4 is 5.32 Å². The van der Waals surface area contributed by atoms with Crippen molar-refractivity contribution in [2.75, 3.05) is 26.8 Å². The number of hydrogen-bond acceptors (Lipinski definition) is 2. The Bertz CT molecular complexity index is 149. The van der Waals surface area contributed by atoms with E-state index in [9.17, 15) is 4.79 Å². The quantitative estimate of drug-likeness (QED) is 0.630. The normalized spacial score (nSPS) is 24.0. The maximum absolute atomic E-state index is 11.0. The lowest BCUT2D eigenvalue weighted by atomic mass is 10.3. The van der Waals surface area contributed by atoms with E-state index in [1.165, 1.54) is 0 Å². The van der Waals surface area contributed by atoms with E-state index >= 15 is 0 Å². The summed E-state index contributed by atoms with van der Waals surface area (Å²) in [4.78, 5) is 12.8. The predicted octanol–water partition coefficient (Wildman–Crippen LogP) is 0.0465. The number of carbonyl (C=O) groups excluding carboxylic acids is 1. The summed E-state index contributed by atoms with van der Waals surface area (Å²) in [6, 6.07) is 0.326. The number of urea groups is 1. The lowest BCUT2D eigenvalue weighted by Gasteiger charge is -2.18. The standard InChI is InChI=1S/C7H14N2O2/c1-6-5-8-7(10)9(6)3-4-11-2/h6H,3-5H2,1-2H3,(H,8,10). The molecule has 1 rings (SSSR count). The highest BCUT2D eigenvalue weighted by Crippen LogP contribution is 2.04. The van der Waals surface area contributed by atoms with E-state index in [0.29, 0.717) is 19.2 Å². The number of amides is 2. The number of nitrogens with one attached hydrogen (secondary N) is 1. The predicted molar refractivity (Wildman–Crippen MR) is 41.4 cm³/mol. The molecule has 0 aromatic rings. The van der Waals surface area contributed by atoms with E-state index < -0.39 is 0 Å². The third-order valence-corrected chi connectivity index (χ3v) is 1.88. The zero-order chi connectivity index (χ0) is 8.27. The molecule has 0 bridgehead atoms. The van der Waals surface area contributed by atoms with Crippen LogP contribution in [0.1, 0.15) is 6.92 Å². The Morgan fingerprint density at radius 3 is 3.00 bits per heavy atom. The molecule has 2 amide bonds. The summed E-state index contributed by atoms with van der Waals surface area (Å²) in [7, 11) is 1.64. The molecule has 0 saturated carbocycles. The minimum Gasteiger partial charge on any atom is -0.383 e. The fourth-order valence-corrected chi connectivity index (χ4v) is 1.16. The van der Waals surface area contributed by atoms with Gasteiger partial charge < -0.3 is 15.0 Å². The molecule has 4 heteroatoms. The first kappa shape index (κ1) is 8.33. The van der Waals surface area contributed by atoms with Gasteiger partial charge in [0.15, 0.2) is 0 Å². The second kappa shape index (κ2) is 3.57. The average Bonchev–Trinajstić information content (AvgIpc) is 2.29. The number of ether oxygens (including phenoxy) is 1. The van der Waals surface area contributed by atoms with Gasteiger partial charge in [-0.3, -0.25) is 0 Å². The average molecular weight is 158 g/mol. The maximum atomic E-state index is 11.0. The van der Waals surface area contributed by atoms with Crippen LogP contribution in [0.3, 0.4) is 0 Å². The summed E-state index contributed by atoms with van der Waals surface area (Å²) < 4.78 is 4.88. The van der Waals surface area contributed by atoms with Gasteiger partial charge in [0.05, 0.1) is 6.61 Å². The molecule has 1 N–H and O–H groups in total. The minimum atomic E-state index is 0.0227. The number of carbonyl (C=O) groups is 1. The molecule has 0 aromatic carbocycles. The van der Waals surface area contributed by atoms with E-state index in [1.54, 1.807) is 12.0 Å². The van der Waals surface area contributed by atoms with Gasteiger partial charge in [-0.2, -0.15) is 0 Å². The van der Waals surface area contributed by atoms with Crippen LogP contribution in [0, 0.1) is 0 Å². The summed E-state index contributed by atoms with van der Waals surface area (Å²) in [5.74, 6) is 0. The number of rotatable bonds is 3. The van der Waals surface area contributed by atoms with Crippen molar-refractivity contribution < 1.29 is 9.53 Å². The molecule has 11 heavy (non-hydrogen) atoms. The van der Waals surface area contributed by atoms with Crippen LogP contribution in [0.15, 0.2) is 0 Å². The van der Waals surface area contributed by atoms with Gasteiger partial charge in [-0.05, 0) is 6.92 Å². The smallest absolute Gasteiger partial charge is 0.317 e. The van der Waals surface area contributed by atoms with E-state index in [0.717, 1.165) is 6.54 Å². The lowest BCUT2D eigenvalue weighted by Crippen LogP contribution is -2.35. The fourth-order valence-electron chi connectivity index (χ4n) is 1.16. The van der Waals surface area contributed by atoms with Crippen molar-refractivity contribution in [1.29, 1.82) is 0 Å². The zero-order valence-corrected chi connectivity index (χ0v) is 6.96. The van der Waals surface area contributed by atoms with E-state index in [4.69, 9.17) is 4.74 Å². The van der Waals surface area contributed by atoms with Crippen LogP contribution in [0.4, 0.5) is 4.79 Å². The Morgan fingerprint density at radius 1 is 1.82 bits per heavy atom. The summed E-state index contributed by atoms with van der Waals surface area (Å²) in [5.41, 5.74) is 0. The minimum absolute atomic E-state index is 0.0227. The molecule has 0 spiro atoms. The number of methoxy groups -OCH3 is 1. The van der Waals surface area contributed by atoms with Gasteiger partial charge in [-0.1, -0.05) is 0 Å². The Balaban J connectivity index is 2.35. The fraction of sp³-hybridized carbons (Fsp3) is 0.857. The Hall–Kier alpha value is -0.770. The highest BCUT2D eigenvalue weighted by Gasteiger charge is 2.25. The SMILES string of the molecule is COCCN1C(=O)NCC1C. The van der Waals surface area contributed by atoms with Gasteiger partial charge in [0, 0.05) is 26.2 Å². The van der Waals surface area contributed by atoms with Crippen molar-refractivity contribution in [3.8, 4) is 0 Å². The molecule has 1 unspecified atom stereocenters. The van der Waals surface area contributed by atoms with Crippen molar-refractivity contribution in [2.24, 2.45) is 0 Å². The first-order valence-corrected chi connectivity index (χ1v) is 3.79. The Kier molecular flexibility index (Phi) is 2.70. The van der Waals surface area contributed by atoms with Gasteiger partial charge in [-0.15, -0.1) is 0 Å². The van der Waals surface area contributed by atoms with Crippen molar-refractivity contribution >= 4 is 6.03 Å². The van der Waals surface area contributed by atoms with Crippen LogP contribution in [-0.4, -0.2) is 43.8 Å². The number of hydrogen-bond donors (Lipinski definition) is 1. The molecule has 0 aliphatic carbocycles. The molecule has 64 valence electrons. The van der Waals surface area contributed by atoms with Gasteiger partial charge in [-0.25, -0.2) is 4.79 Å². The van der Waals surface area contributed by atoms with E-state index in [1.807, 2.05) is 6.92 Å². The topological polar surface area (TPSA) is 41.6 Å². The third kappa shape index (κ3) is 1.83. The summed E-state index contributed by atoms with van der Waals surface area (Å²) in [6.07, 6.45) is 0. The molecule has 1 aliphatic heterocycles. The monoisotopic (exact) mass is 158 g/mol. The molecule has 4 nitrogen and oxygen atoms in total. The Labute approximate surface area is 66.5 Å². The van der Waals surface area contributed by atoms with E-state index in [2.05, 4.69) is 5.32 Å². The molecule has 1 saturated heterocycles. The van der Waals surface area contributed by atoms with Crippen molar-refractivity contribution in [3.63, 3.8) is 0 Å². The van der Waals surface area contributed by atoms with Crippen molar-refractivity contribution in [1.82, 2.24) is 10.2 Å². The van der Waals surface area contributed by atoms with Crippen LogP contribution in [0.2, 0.25) is 0 Å². The first-order chi connectivity index (χ1) is 5.25. The lowest BCUT2D eigenvalue weighted by molar-refractivity contribution is 0.150. The molecule has 0 radical (unpaired) electrons. The van der Waals surface area contributed by atoms with Gasteiger partial charge in [0.2, 0.25) is 0 Å². The summed E-state index contributed by atoms with van der Waals surface area (Å²) in [6.45, 7) is 4.07. The highest BCUT2D eigenvalue weighted by atomic mass is 16.5. The van der Waals surface area contributed by atoms with Crippen LogP contribution >= 0.6 is 0 Å². The summed E-state index contributed by atoms with van der Waals surface area (Å²) in [5, 5.41) is 2.76. The molecular weight excluding hydrogens is 144 g/mol. The second-order valence-electron chi connectivity index (χ2n) is 2.72. The zero-order valence-electron chi connectivity index (χ0n) is 6.96. The van der Waals surface area contributed by atoms with Gasteiger partial charge in [0.25, 0.3) is 0 Å². The summed E-state index contributed by atoms with van der Waals surface area (Å²) >= 11 is 0. The van der Waals surface area contributed by atoms with Crippen LogP contribution in [0.25, 0.3) is 0 Å². The van der Waals surface area contributed by atoms with E-state index in [-0.39, 0.29) is 6.03 Å². The molecule has 0 aromatic heterocycles.